The summed E-state index contributed by atoms with van der Waals surface area (Å²) in [7, 11) is 0. The minimum Gasteiger partial charge on any atom is -0.363 e. The number of benzene rings is 2. The summed E-state index contributed by atoms with van der Waals surface area (Å²) >= 11 is 0. The molecule has 7 heteroatoms. The highest BCUT2D eigenvalue weighted by molar-refractivity contribution is 5.95. The maximum Gasteiger partial charge on any atom is 0.251 e. The molecule has 0 unspecified atom stereocenters. The normalized spacial score (nSPS) is 13.3. The lowest BCUT2D eigenvalue weighted by atomic mass is 10.1. The monoisotopic (exact) mass is 462 g/mol. The van der Waals surface area contributed by atoms with Gasteiger partial charge in [0.25, 0.3) is 5.91 Å². The van der Waals surface area contributed by atoms with E-state index < -0.39 is 0 Å². The molecule has 1 amide bonds. The Morgan fingerprint density at radius 3 is 2.60 bits per heavy atom. The van der Waals surface area contributed by atoms with Crippen LogP contribution in [-0.4, -0.2) is 31.3 Å². The number of carbonyl (C=O) groups is 1. The third kappa shape index (κ3) is 4.10. The predicted octanol–water partition coefficient (Wildman–Crippen LogP) is 5.07. The van der Waals surface area contributed by atoms with Crippen LogP contribution < -0.4 is 10.6 Å². The quantitative estimate of drug-likeness (QED) is 0.368. The van der Waals surface area contributed by atoms with E-state index in [1.54, 1.807) is 6.20 Å². The van der Waals surface area contributed by atoms with E-state index in [1.165, 1.54) is 11.1 Å². The van der Waals surface area contributed by atoms with Gasteiger partial charge in [-0.2, -0.15) is 0 Å². The molecular weight excluding hydrogens is 436 g/mol. The Morgan fingerprint density at radius 2 is 1.86 bits per heavy atom. The molecule has 2 aromatic carbocycles. The molecule has 1 aliphatic carbocycles. The van der Waals surface area contributed by atoms with Gasteiger partial charge in [-0.05, 0) is 73.7 Å². The van der Waals surface area contributed by atoms with Crippen molar-refractivity contribution in [2.24, 2.45) is 0 Å². The second-order valence-electron chi connectivity index (χ2n) is 9.23. The van der Waals surface area contributed by atoms with Gasteiger partial charge in [0.2, 0.25) is 0 Å². The number of hydrogen-bond donors (Lipinski definition) is 2. The molecule has 2 N–H and O–H groups in total. The van der Waals surface area contributed by atoms with E-state index in [2.05, 4.69) is 46.0 Å². The molecule has 0 aliphatic heterocycles. The van der Waals surface area contributed by atoms with Gasteiger partial charge in [0, 0.05) is 36.1 Å². The van der Waals surface area contributed by atoms with E-state index in [1.807, 2.05) is 48.8 Å². The summed E-state index contributed by atoms with van der Waals surface area (Å²) in [6, 6.07) is 16.3. The third-order valence-electron chi connectivity index (χ3n) is 6.58. The fraction of sp³-hybridized carbons (Fsp3) is 0.214. The molecular formula is C28H26N6O. The topological polar surface area (TPSA) is 84.2 Å². The van der Waals surface area contributed by atoms with Crippen molar-refractivity contribution in [2.45, 2.75) is 39.3 Å². The standard InChI is InChI=1S/C28H26N6O/c1-17-12-23-24(13-18(17)2)34-25(20-5-7-21(8-6-20)28(35)32-22-9-10-22)16-31-27(34)26(33-23)30-15-19-4-3-11-29-14-19/h3-8,11-14,16,22H,9-10,15H2,1-2H3,(H,30,33)(H,32,35). The molecule has 0 bridgehead atoms. The van der Waals surface area contributed by atoms with E-state index in [-0.39, 0.29) is 5.91 Å². The van der Waals surface area contributed by atoms with Crippen LogP contribution in [0.1, 0.15) is 39.9 Å². The fourth-order valence-corrected chi connectivity index (χ4v) is 4.29. The number of pyridine rings is 1. The summed E-state index contributed by atoms with van der Waals surface area (Å²) in [5, 5.41) is 6.50. The van der Waals surface area contributed by atoms with Crippen molar-refractivity contribution in [1.82, 2.24) is 24.7 Å². The van der Waals surface area contributed by atoms with Crippen molar-refractivity contribution in [1.29, 1.82) is 0 Å². The number of imidazole rings is 1. The summed E-state index contributed by atoms with van der Waals surface area (Å²) in [5.74, 6) is 0.705. The van der Waals surface area contributed by atoms with Crippen LogP contribution in [-0.2, 0) is 6.54 Å². The van der Waals surface area contributed by atoms with E-state index in [0.717, 1.165) is 52.2 Å². The first kappa shape index (κ1) is 21.3. The molecule has 0 atom stereocenters. The molecule has 35 heavy (non-hydrogen) atoms. The zero-order chi connectivity index (χ0) is 23.9. The predicted molar refractivity (Wildman–Crippen MR) is 137 cm³/mol. The van der Waals surface area contributed by atoms with Crippen molar-refractivity contribution >= 4 is 28.4 Å². The van der Waals surface area contributed by atoms with Crippen LogP contribution in [0.5, 0.6) is 0 Å². The molecule has 0 saturated heterocycles. The Hall–Kier alpha value is -4.26. The molecule has 3 heterocycles. The zero-order valence-electron chi connectivity index (χ0n) is 19.7. The van der Waals surface area contributed by atoms with E-state index >= 15 is 0 Å². The third-order valence-corrected chi connectivity index (χ3v) is 6.58. The number of hydrogen-bond acceptors (Lipinski definition) is 5. The lowest BCUT2D eigenvalue weighted by Gasteiger charge is -2.13. The molecule has 174 valence electrons. The van der Waals surface area contributed by atoms with Gasteiger partial charge in [-0.1, -0.05) is 18.2 Å². The summed E-state index contributed by atoms with van der Waals surface area (Å²) in [5.41, 5.74) is 8.73. The lowest BCUT2D eigenvalue weighted by Crippen LogP contribution is -2.25. The highest BCUT2D eigenvalue weighted by Gasteiger charge is 2.24. The number of aromatic nitrogens is 4. The number of anilines is 1. The lowest BCUT2D eigenvalue weighted by molar-refractivity contribution is 0.0951. The van der Waals surface area contributed by atoms with Gasteiger partial charge in [0.1, 0.15) is 0 Å². The first-order valence-electron chi connectivity index (χ1n) is 11.9. The Labute approximate surface area is 203 Å². The smallest absolute Gasteiger partial charge is 0.251 e. The largest absolute Gasteiger partial charge is 0.363 e. The molecule has 3 aromatic heterocycles. The number of aryl methyl sites for hydroxylation is 2. The van der Waals surface area contributed by atoms with Crippen LogP contribution in [0.4, 0.5) is 5.82 Å². The van der Waals surface area contributed by atoms with Gasteiger partial charge in [0.05, 0.1) is 22.9 Å². The number of nitrogens with zero attached hydrogens (tertiary/aromatic N) is 4. The fourth-order valence-electron chi connectivity index (χ4n) is 4.29. The number of nitrogens with one attached hydrogen (secondary N) is 2. The van der Waals surface area contributed by atoms with Gasteiger partial charge in [-0.3, -0.25) is 14.2 Å². The molecule has 5 aromatic rings. The van der Waals surface area contributed by atoms with Gasteiger partial charge in [-0.25, -0.2) is 9.97 Å². The van der Waals surface area contributed by atoms with Crippen LogP contribution in [0.2, 0.25) is 0 Å². The van der Waals surface area contributed by atoms with Crippen LogP contribution in [0.25, 0.3) is 27.9 Å². The van der Waals surface area contributed by atoms with E-state index in [4.69, 9.17) is 9.97 Å². The molecule has 0 radical (unpaired) electrons. The van der Waals surface area contributed by atoms with Crippen LogP contribution >= 0.6 is 0 Å². The van der Waals surface area contributed by atoms with Gasteiger partial charge in [0.15, 0.2) is 11.5 Å². The highest BCUT2D eigenvalue weighted by Crippen LogP contribution is 2.30. The second kappa shape index (κ2) is 8.51. The van der Waals surface area contributed by atoms with Crippen molar-refractivity contribution in [3.8, 4) is 11.3 Å². The maximum absolute atomic E-state index is 12.4. The molecule has 0 spiro atoms. The Morgan fingerprint density at radius 1 is 1.06 bits per heavy atom. The molecule has 7 nitrogen and oxygen atoms in total. The summed E-state index contributed by atoms with van der Waals surface area (Å²) in [6.45, 7) is 4.81. The van der Waals surface area contributed by atoms with E-state index in [9.17, 15) is 4.79 Å². The first-order valence-corrected chi connectivity index (χ1v) is 11.9. The van der Waals surface area contributed by atoms with E-state index in [0.29, 0.717) is 18.2 Å². The van der Waals surface area contributed by atoms with Crippen molar-refractivity contribution in [2.75, 3.05) is 5.32 Å². The number of carbonyl (C=O) groups excluding carboxylic acids is 1. The Bertz CT molecular complexity index is 1550. The number of amides is 1. The average Bonchev–Trinajstić information content (AvgIpc) is 3.58. The molecule has 1 saturated carbocycles. The molecule has 1 aliphatic rings. The van der Waals surface area contributed by atoms with Crippen molar-refractivity contribution in [3.63, 3.8) is 0 Å². The minimum atomic E-state index is -0.0140. The first-order chi connectivity index (χ1) is 17.1. The summed E-state index contributed by atoms with van der Waals surface area (Å²) in [4.78, 5) is 26.3. The number of fused-ring (bicyclic) bond motifs is 3. The van der Waals surface area contributed by atoms with Gasteiger partial charge in [-0.15, -0.1) is 0 Å². The number of rotatable bonds is 6. The van der Waals surface area contributed by atoms with Crippen molar-refractivity contribution < 1.29 is 4.79 Å². The van der Waals surface area contributed by atoms with Crippen LogP contribution in [0, 0.1) is 13.8 Å². The molecule has 1 fully saturated rings. The summed E-state index contributed by atoms with van der Waals surface area (Å²) < 4.78 is 2.15. The minimum absolute atomic E-state index is 0.0140. The summed E-state index contributed by atoms with van der Waals surface area (Å²) in [6.07, 6.45) is 7.63. The maximum atomic E-state index is 12.4. The highest BCUT2D eigenvalue weighted by atomic mass is 16.1. The average molecular weight is 463 g/mol. The Balaban J connectivity index is 1.44. The molecule has 6 rings (SSSR count). The SMILES string of the molecule is Cc1cc2nc(NCc3cccnc3)c3ncc(-c4ccc(C(=O)NC5CC5)cc4)n3c2cc1C. The second-order valence-corrected chi connectivity index (χ2v) is 9.23. The Kier molecular flexibility index (Phi) is 5.17. The van der Waals surface area contributed by atoms with Crippen LogP contribution in [0.3, 0.4) is 0 Å². The van der Waals surface area contributed by atoms with Crippen LogP contribution in [0.15, 0.2) is 67.1 Å². The van der Waals surface area contributed by atoms with Crippen molar-refractivity contribution in [3.05, 3.63) is 89.4 Å². The van der Waals surface area contributed by atoms with Gasteiger partial charge < -0.3 is 10.6 Å². The zero-order valence-corrected chi connectivity index (χ0v) is 19.7. The van der Waals surface area contributed by atoms with Gasteiger partial charge >= 0.3 is 0 Å².